The normalized spacial score (nSPS) is 11.8. The van der Waals surface area contributed by atoms with E-state index in [0.717, 1.165) is 11.4 Å². The van der Waals surface area contributed by atoms with Crippen molar-refractivity contribution in [3.63, 3.8) is 0 Å². The number of nitrogens with zero attached hydrogens (tertiary/aromatic N) is 1. The molecule has 1 atom stereocenters. The Morgan fingerprint density at radius 2 is 1.75 bits per heavy atom. The molecule has 0 spiro atoms. The van der Waals surface area contributed by atoms with Crippen molar-refractivity contribution in [1.29, 1.82) is 0 Å². The van der Waals surface area contributed by atoms with Gasteiger partial charge in [0, 0.05) is 24.1 Å². The van der Waals surface area contributed by atoms with E-state index in [1.807, 2.05) is 31.4 Å². The van der Waals surface area contributed by atoms with Gasteiger partial charge in [-0.15, -0.1) is 0 Å². The number of benzene rings is 1. The zero-order valence-electron chi connectivity index (χ0n) is 17.2. The van der Waals surface area contributed by atoms with Crippen LogP contribution in [0.15, 0.2) is 24.3 Å². The van der Waals surface area contributed by atoms with Gasteiger partial charge in [0.2, 0.25) is 5.78 Å². The molecule has 0 aliphatic carbocycles. The largest absolute Gasteiger partial charge is 0.497 e. The standard InChI is InChI=1S/C21H27NO6/c1-13-9-17(15(3)22(13)14(2)11-25-4)19(23)12-28-21(24)18-10-16(26-5)7-8-20(18)27-6/h7-10,14H,11-12H2,1-6H3/t14-/m0/s1. The lowest BCUT2D eigenvalue weighted by Crippen LogP contribution is -2.17. The fourth-order valence-electron chi connectivity index (χ4n) is 3.31. The molecule has 0 unspecified atom stereocenters. The average Bonchev–Trinajstić information content (AvgIpc) is 2.99. The van der Waals surface area contributed by atoms with Crippen molar-refractivity contribution in [3.05, 3.63) is 46.8 Å². The highest BCUT2D eigenvalue weighted by molar-refractivity contribution is 6.01. The van der Waals surface area contributed by atoms with E-state index in [9.17, 15) is 9.59 Å². The van der Waals surface area contributed by atoms with Crippen LogP contribution in [0.5, 0.6) is 11.5 Å². The first-order valence-electron chi connectivity index (χ1n) is 8.93. The van der Waals surface area contributed by atoms with Crippen LogP contribution in [0.3, 0.4) is 0 Å². The number of Topliss-reactive ketones (excluding diaryl/α,β-unsaturated/α-hetero) is 1. The zero-order valence-corrected chi connectivity index (χ0v) is 17.2. The van der Waals surface area contributed by atoms with Crippen LogP contribution in [0.25, 0.3) is 0 Å². The van der Waals surface area contributed by atoms with Crippen molar-refractivity contribution in [2.45, 2.75) is 26.8 Å². The Kier molecular flexibility index (Phi) is 7.23. The summed E-state index contributed by atoms with van der Waals surface area (Å²) in [7, 11) is 4.60. The third-order valence-corrected chi connectivity index (χ3v) is 4.59. The van der Waals surface area contributed by atoms with E-state index >= 15 is 0 Å². The van der Waals surface area contributed by atoms with Crippen LogP contribution in [0.2, 0.25) is 0 Å². The van der Waals surface area contributed by atoms with Gasteiger partial charge >= 0.3 is 5.97 Å². The molecule has 1 aromatic heterocycles. The molecule has 0 N–H and O–H groups in total. The van der Waals surface area contributed by atoms with Crippen molar-refractivity contribution in [2.24, 2.45) is 0 Å². The van der Waals surface area contributed by atoms with Gasteiger partial charge in [0.25, 0.3) is 0 Å². The first-order valence-corrected chi connectivity index (χ1v) is 8.93. The lowest BCUT2D eigenvalue weighted by atomic mass is 10.1. The molecule has 152 valence electrons. The minimum Gasteiger partial charge on any atom is -0.497 e. The second-order valence-electron chi connectivity index (χ2n) is 6.52. The lowest BCUT2D eigenvalue weighted by molar-refractivity contribution is 0.0471. The van der Waals surface area contributed by atoms with Gasteiger partial charge in [-0.1, -0.05) is 0 Å². The van der Waals surface area contributed by atoms with E-state index in [1.54, 1.807) is 19.2 Å². The third kappa shape index (κ3) is 4.54. The molecular weight excluding hydrogens is 362 g/mol. The number of carbonyl (C=O) groups excluding carboxylic acids is 2. The van der Waals surface area contributed by atoms with E-state index < -0.39 is 5.97 Å². The fraction of sp³-hybridized carbons (Fsp3) is 0.429. The Morgan fingerprint density at radius 1 is 1.04 bits per heavy atom. The number of ketones is 1. The Labute approximate surface area is 165 Å². The molecule has 2 rings (SSSR count). The Morgan fingerprint density at radius 3 is 2.36 bits per heavy atom. The first kappa shape index (κ1) is 21.5. The van der Waals surface area contributed by atoms with Gasteiger partial charge in [-0.05, 0) is 45.0 Å². The second-order valence-corrected chi connectivity index (χ2v) is 6.52. The van der Waals surface area contributed by atoms with Crippen LogP contribution in [-0.2, 0) is 9.47 Å². The minimum absolute atomic E-state index is 0.0927. The van der Waals surface area contributed by atoms with Gasteiger partial charge in [0.05, 0.1) is 26.9 Å². The minimum atomic E-state index is -0.648. The Hall–Kier alpha value is -2.80. The number of rotatable bonds is 9. The highest BCUT2D eigenvalue weighted by Crippen LogP contribution is 2.25. The second kappa shape index (κ2) is 9.41. The molecule has 0 saturated carbocycles. The van der Waals surface area contributed by atoms with E-state index in [0.29, 0.717) is 23.7 Å². The number of aryl methyl sites for hydroxylation is 1. The number of carbonyl (C=O) groups is 2. The molecule has 1 aromatic carbocycles. The van der Waals surface area contributed by atoms with Crippen LogP contribution in [0.1, 0.15) is 45.1 Å². The van der Waals surface area contributed by atoms with Crippen molar-refractivity contribution < 1.29 is 28.5 Å². The predicted octanol–water partition coefficient (Wildman–Crippen LogP) is 3.37. The molecule has 7 heteroatoms. The van der Waals surface area contributed by atoms with Gasteiger partial charge in [-0.25, -0.2) is 4.79 Å². The SMILES string of the molecule is COC[C@H](C)n1c(C)cc(C(=O)COC(=O)c2cc(OC)ccc2OC)c1C. The van der Waals surface area contributed by atoms with Crippen LogP contribution in [0.4, 0.5) is 0 Å². The monoisotopic (exact) mass is 389 g/mol. The molecule has 0 aliphatic heterocycles. The van der Waals surface area contributed by atoms with E-state index in [4.69, 9.17) is 18.9 Å². The van der Waals surface area contributed by atoms with Crippen molar-refractivity contribution in [2.75, 3.05) is 34.5 Å². The lowest BCUT2D eigenvalue weighted by Gasteiger charge is -2.17. The van der Waals surface area contributed by atoms with Crippen LogP contribution < -0.4 is 9.47 Å². The van der Waals surface area contributed by atoms with Crippen molar-refractivity contribution >= 4 is 11.8 Å². The molecule has 0 aliphatic rings. The molecule has 0 fully saturated rings. The third-order valence-electron chi connectivity index (χ3n) is 4.59. The molecule has 2 aromatic rings. The van der Waals surface area contributed by atoms with Gasteiger partial charge in [0.15, 0.2) is 6.61 Å². The zero-order chi connectivity index (χ0) is 20.8. The molecule has 1 heterocycles. The Balaban J connectivity index is 2.15. The summed E-state index contributed by atoms with van der Waals surface area (Å²) in [4.78, 5) is 25.1. The smallest absolute Gasteiger partial charge is 0.342 e. The number of hydrogen-bond acceptors (Lipinski definition) is 6. The quantitative estimate of drug-likeness (QED) is 0.483. The number of aromatic nitrogens is 1. The number of ether oxygens (including phenoxy) is 4. The van der Waals surface area contributed by atoms with E-state index in [1.165, 1.54) is 20.3 Å². The van der Waals surface area contributed by atoms with Crippen LogP contribution in [-0.4, -0.2) is 50.9 Å². The maximum Gasteiger partial charge on any atom is 0.342 e. The van der Waals surface area contributed by atoms with E-state index in [2.05, 4.69) is 0 Å². The summed E-state index contributed by atoms with van der Waals surface area (Å²) in [5, 5.41) is 0. The van der Waals surface area contributed by atoms with Gasteiger partial charge in [-0.2, -0.15) is 0 Å². The van der Waals surface area contributed by atoms with E-state index in [-0.39, 0.29) is 24.0 Å². The highest BCUT2D eigenvalue weighted by Gasteiger charge is 2.21. The summed E-state index contributed by atoms with van der Waals surface area (Å²) < 4.78 is 22.8. The Bertz CT molecular complexity index is 855. The molecule has 0 amide bonds. The summed E-state index contributed by atoms with van der Waals surface area (Å²) in [5.41, 5.74) is 2.51. The fourth-order valence-corrected chi connectivity index (χ4v) is 3.31. The van der Waals surface area contributed by atoms with Gasteiger partial charge in [-0.3, -0.25) is 4.79 Å². The molecule has 0 bridgehead atoms. The summed E-state index contributed by atoms with van der Waals surface area (Å²) in [6, 6.07) is 6.71. The molecular formula is C21H27NO6. The maximum absolute atomic E-state index is 12.6. The average molecular weight is 389 g/mol. The summed E-state index contributed by atoms with van der Waals surface area (Å²) in [6.07, 6.45) is 0. The van der Waals surface area contributed by atoms with Crippen LogP contribution in [0, 0.1) is 13.8 Å². The highest BCUT2D eigenvalue weighted by atomic mass is 16.5. The molecule has 7 nitrogen and oxygen atoms in total. The molecule has 0 radical (unpaired) electrons. The summed E-state index contributed by atoms with van der Waals surface area (Å²) in [6.45, 7) is 6.01. The molecule has 28 heavy (non-hydrogen) atoms. The van der Waals surface area contributed by atoms with Crippen LogP contribution >= 0.6 is 0 Å². The first-order chi connectivity index (χ1) is 13.3. The van der Waals surface area contributed by atoms with Crippen molar-refractivity contribution in [1.82, 2.24) is 4.57 Å². The topological polar surface area (TPSA) is 76.0 Å². The number of esters is 1. The molecule has 0 saturated heterocycles. The predicted molar refractivity (Wildman–Crippen MR) is 105 cm³/mol. The summed E-state index contributed by atoms with van der Waals surface area (Å²) in [5.74, 6) is -0.0654. The van der Waals surface area contributed by atoms with Crippen molar-refractivity contribution in [3.8, 4) is 11.5 Å². The van der Waals surface area contributed by atoms with Gasteiger partial charge < -0.3 is 23.5 Å². The van der Waals surface area contributed by atoms with Gasteiger partial charge in [0.1, 0.15) is 17.1 Å². The maximum atomic E-state index is 12.6. The number of hydrogen-bond donors (Lipinski definition) is 0. The number of methoxy groups -OCH3 is 3. The summed E-state index contributed by atoms with van der Waals surface area (Å²) >= 11 is 0.